The highest BCUT2D eigenvalue weighted by atomic mass is 16.5. The van der Waals surface area contributed by atoms with Crippen LogP contribution in [0.4, 0.5) is 11.4 Å². The number of hydrogen-bond donors (Lipinski definition) is 2. The highest BCUT2D eigenvalue weighted by Gasteiger charge is 2.07. The molecule has 2 N–H and O–H groups in total. The number of rotatable bonds is 8. The van der Waals surface area contributed by atoms with Gasteiger partial charge < -0.3 is 15.0 Å². The second-order valence-corrected chi connectivity index (χ2v) is 6.15. The van der Waals surface area contributed by atoms with Crippen LogP contribution in [0.5, 0.6) is 5.75 Å². The zero-order chi connectivity index (χ0) is 19.6. The molecule has 0 saturated heterocycles. The number of benzene rings is 2. The van der Waals surface area contributed by atoms with Crippen molar-refractivity contribution in [3.8, 4) is 5.75 Å². The lowest BCUT2D eigenvalue weighted by Gasteiger charge is -2.13. The SMILES string of the molecule is C/C(CC(=O)Nc1ccc(N(C)C)cc1)=N/NC(=O)COc1ccccc1. The zero-order valence-electron chi connectivity index (χ0n) is 15.7. The molecular weight excluding hydrogens is 344 g/mol. The number of nitrogens with one attached hydrogen (secondary N) is 2. The summed E-state index contributed by atoms with van der Waals surface area (Å²) in [6, 6.07) is 16.5. The number of hydrazone groups is 1. The summed E-state index contributed by atoms with van der Waals surface area (Å²) in [6.45, 7) is 1.53. The average molecular weight is 368 g/mol. The number of hydrogen-bond acceptors (Lipinski definition) is 5. The Hall–Kier alpha value is -3.35. The van der Waals surface area contributed by atoms with Crippen molar-refractivity contribution in [1.82, 2.24) is 5.43 Å². The van der Waals surface area contributed by atoms with E-state index in [9.17, 15) is 9.59 Å². The molecule has 0 atom stereocenters. The molecule has 2 amide bonds. The predicted octanol–water partition coefficient (Wildman–Crippen LogP) is 2.65. The molecule has 0 aliphatic carbocycles. The second-order valence-electron chi connectivity index (χ2n) is 6.15. The molecule has 0 fully saturated rings. The fourth-order valence-electron chi connectivity index (χ4n) is 2.18. The van der Waals surface area contributed by atoms with E-state index in [0.717, 1.165) is 5.69 Å². The first-order valence-electron chi connectivity index (χ1n) is 8.51. The van der Waals surface area contributed by atoms with E-state index in [1.165, 1.54) is 0 Å². The van der Waals surface area contributed by atoms with Crippen molar-refractivity contribution in [2.75, 3.05) is 30.9 Å². The van der Waals surface area contributed by atoms with Gasteiger partial charge in [0.15, 0.2) is 6.61 Å². The van der Waals surface area contributed by atoms with Gasteiger partial charge in [-0.2, -0.15) is 5.10 Å². The molecular formula is C20H24N4O3. The maximum atomic E-state index is 12.1. The summed E-state index contributed by atoms with van der Waals surface area (Å²) in [6.07, 6.45) is 0.0786. The maximum absolute atomic E-state index is 12.1. The molecule has 142 valence electrons. The lowest BCUT2D eigenvalue weighted by Crippen LogP contribution is -2.26. The van der Waals surface area contributed by atoms with Crippen molar-refractivity contribution in [3.05, 3.63) is 54.6 Å². The van der Waals surface area contributed by atoms with Gasteiger partial charge in [0, 0.05) is 31.2 Å². The van der Waals surface area contributed by atoms with Gasteiger partial charge in [-0.05, 0) is 43.3 Å². The van der Waals surface area contributed by atoms with E-state index >= 15 is 0 Å². The highest BCUT2D eigenvalue weighted by Crippen LogP contribution is 2.15. The first-order valence-corrected chi connectivity index (χ1v) is 8.51. The van der Waals surface area contributed by atoms with Crippen LogP contribution in [0.2, 0.25) is 0 Å². The van der Waals surface area contributed by atoms with Gasteiger partial charge in [0.2, 0.25) is 5.91 Å². The van der Waals surface area contributed by atoms with Crippen LogP contribution < -0.4 is 20.4 Å². The van der Waals surface area contributed by atoms with Gasteiger partial charge in [0.1, 0.15) is 5.75 Å². The van der Waals surface area contributed by atoms with Gasteiger partial charge in [-0.15, -0.1) is 0 Å². The van der Waals surface area contributed by atoms with Crippen LogP contribution in [0.25, 0.3) is 0 Å². The van der Waals surface area contributed by atoms with E-state index in [1.54, 1.807) is 19.1 Å². The van der Waals surface area contributed by atoms with E-state index in [-0.39, 0.29) is 18.9 Å². The molecule has 27 heavy (non-hydrogen) atoms. The number of carbonyl (C=O) groups excluding carboxylic acids is 2. The van der Waals surface area contributed by atoms with Crippen molar-refractivity contribution in [2.24, 2.45) is 5.10 Å². The zero-order valence-corrected chi connectivity index (χ0v) is 15.7. The van der Waals surface area contributed by atoms with E-state index in [1.807, 2.05) is 61.5 Å². The molecule has 0 aromatic heterocycles. The first-order chi connectivity index (χ1) is 12.9. The first kappa shape index (κ1) is 20.0. The summed E-state index contributed by atoms with van der Waals surface area (Å²) >= 11 is 0. The fourth-order valence-corrected chi connectivity index (χ4v) is 2.18. The third-order valence-electron chi connectivity index (χ3n) is 3.57. The Morgan fingerprint density at radius 3 is 2.30 bits per heavy atom. The summed E-state index contributed by atoms with van der Waals surface area (Å²) in [4.78, 5) is 25.8. The Morgan fingerprint density at radius 1 is 1.00 bits per heavy atom. The van der Waals surface area contributed by atoms with Crippen molar-refractivity contribution >= 4 is 28.9 Å². The molecule has 0 radical (unpaired) electrons. The number of amides is 2. The molecule has 7 heteroatoms. The molecule has 2 rings (SSSR count). The van der Waals surface area contributed by atoms with Gasteiger partial charge >= 0.3 is 0 Å². The van der Waals surface area contributed by atoms with Gasteiger partial charge in [0.05, 0.1) is 6.42 Å². The molecule has 0 heterocycles. The normalized spacial score (nSPS) is 10.9. The van der Waals surface area contributed by atoms with E-state index in [4.69, 9.17) is 4.74 Å². The molecule has 7 nitrogen and oxygen atoms in total. The van der Waals surface area contributed by atoms with Crippen LogP contribution >= 0.6 is 0 Å². The Bertz CT molecular complexity index is 787. The molecule has 0 spiro atoms. The molecule has 2 aromatic carbocycles. The van der Waals surface area contributed by atoms with Gasteiger partial charge in [-0.25, -0.2) is 5.43 Å². The van der Waals surface area contributed by atoms with Gasteiger partial charge in [-0.3, -0.25) is 9.59 Å². The molecule has 0 saturated carbocycles. The largest absolute Gasteiger partial charge is 0.484 e. The minimum Gasteiger partial charge on any atom is -0.484 e. The maximum Gasteiger partial charge on any atom is 0.277 e. The van der Waals surface area contributed by atoms with Crippen LogP contribution in [-0.2, 0) is 9.59 Å². The van der Waals surface area contributed by atoms with Crippen molar-refractivity contribution in [1.29, 1.82) is 0 Å². The fraction of sp³-hybridized carbons (Fsp3) is 0.250. The molecule has 0 unspecified atom stereocenters. The van der Waals surface area contributed by atoms with Crippen LogP contribution in [0.1, 0.15) is 13.3 Å². The molecule has 0 bridgehead atoms. The molecule has 0 aliphatic heterocycles. The third-order valence-corrected chi connectivity index (χ3v) is 3.57. The van der Waals surface area contributed by atoms with Crippen molar-refractivity contribution < 1.29 is 14.3 Å². The number of ether oxygens (including phenoxy) is 1. The van der Waals surface area contributed by atoms with Crippen LogP contribution in [-0.4, -0.2) is 38.2 Å². The van der Waals surface area contributed by atoms with E-state index < -0.39 is 5.91 Å². The summed E-state index contributed by atoms with van der Waals surface area (Å²) in [7, 11) is 3.90. The van der Waals surface area contributed by atoms with Crippen molar-refractivity contribution in [3.63, 3.8) is 0 Å². The summed E-state index contributed by atoms with van der Waals surface area (Å²) < 4.78 is 5.32. The van der Waals surface area contributed by atoms with Crippen LogP contribution in [0.15, 0.2) is 59.7 Å². The molecule has 2 aromatic rings. The summed E-state index contributed by atoms with van der Waals surface area (Å²) in [5, 5.41) is 6.72. The minimum absolute atomic E-state index is 0.0786. The Kier molecular flexibility index (Phi) is 7.37. The minimum atomic E-state index is -0.391. The standard InChI is InChI=1S/C20H24N4O3/c1-15(22-23-20(26)14-27-18-7-5-4-6-8-18)13-19(25)21-16-9-11-17(12-10-16)24(2)3/h4-12H,13-14H2,1-3H3,(H,21,25)(H,23,26)/b22-15-. The number of para-hydroxylation sites is 1. The quantitative estimate of drug-likeness (QED) is 0.554. The van der Waals surface area contributed by atoms with E-state index in [0.29, 0.717) is 17.1 Å². The van der Waals surface area contributed by atoms with Gasteiger partial charge in [0.25, 0.3) is 5.91 Å². The second kappa shape index (κ2) is 9.96. The Balaban J connectivity index is 1.75. The summed E-state index contributed by atoms with van der Waals surface area (Å²) in [5.41, 5.74) is 4.63. The Morgan fingerprint density at radius 2 is 1.67 bits per heavy atom. The number of anilines is 2. The predicted molar refractivity (Wildman–Crippen MR) is 107 cm³/mol. The smallest absolute Gasteiger partial charge is 0.277 e. The highest BCUT2D eigenvalue weighted by molar-refractivity contribution is 6.05. The monoisotopic (exact) mass is 368 g/mol. The Labute approximate surface area is 159 Å². The number of nitrogens with zero attached hydrogens (tertiary/aromatic N) is 2. The van der Waals surface area contributed by atoms with Crippen LogP contribution in [0.3, 0.4) is 0 Å². The molecule has 0 aliphatic rings. The lowest BCUT2D eigenvalue weighted by atomic mass is 10.2. The van der Waals surface area contributed by atoms with Crippen LogP contribution in [0, 0.1) is 0 Å². The van der Waals surface area contributed by atoms with Gasteiger partial charge in [-0.1, -0.05) is 18.2 Å². The third kappa shape index (κ3) is 7.19. The lowest BCUT2D eigenvalue weighted by molar-refractivity contribution is -0.123. The average Bonchev–Trinajstić information content (AvgIpc) is 2.66. The number of carbonyl (C=O) groups is 2. The van der Waals surface area contributed by atoms with E-state index in [2.05, 4.69) is 15.8 Å². The topological polar surface area (TPSA) is 83.0 Å². The summed E-state index contributed by atoms with van der Waals surface area (Å²) in [5.74, 6) is 0.00883. The van der Waals surface area contributed by atoms with Crippen molar-refractivity contribution in [2.45, 2.75) is 13.3 Å².